The molecular formula is C21H22O12. The van der Waals surface area contributed by atoms with E-state index in [1.165, 1.54) is 6.07 Å². The predicted molar refractivity (Wildman–Crippen MR) is 106 cm³/mol. The topological polar surface area (TPSA) is 207 Å². The lowest BCUT2D eigenvalue weighted by Gasteiger charge is -2.40. The van der Waals surface area contributed by atoms with Gasteiger partial charge in [0.2, 0.25) is 12.1 Å². The van der Waals surface area contributed by atoms with Crippen LogP contribution in [0.15, 0.2) is 30.3 Å². The number of hydrogen-bond acceptors (Lipinski definition) is 12. The summed E-state index contributed by atoms with van der Waals surface area (Å²) in [6.45, 7) is -0.697. The molecule has 33 heavy (non-hydrogen) atoms. The maximum Gasteiger partial charge on any atom is 0.242 e. The molecule has 1 fully saturated rings. The minimum absolute atomic E-state index is 0.0449. The molecule has 0 aromatic heterocycles. The standard InChI is InChI=1S/C21H22O12/c22-7-15-17(27)18(28)19(29)20(32-15)31-13-4-9(23)5-14-16(13)12(26)6-21(30,33-14)8-1-2-10(24)11(25)3-8/h1-5,15,17-20,22-25,27-30H,6-7H2/t15-,17-,18+,19-,20-,21-/m1/s1. The van der Waals surface area contributed by atoms with Crippen LogP contribution in [0.5, 0.6) is 28.7 Å². The number of carbonyl (C=O) groups is 1. The minimum Gasteiger partial charge on any atom is -0.508 e. The molecule has 8 N–H and O–H groups in total. The minimum atomic E-state index is -2.25. The molecule has 2 aromatic carbocycles. The molecule has 0 unspecified atom stereocenters. The Balaban J connectivity index is 1.68. The smallest absolute Gasteiger partial charge is 0.242 e. The van der Waals surface area contributed by atoms with E-state index >= 15 is 0 Å². The summed E-state index contributed by atoms with van der Waals surface area (Å²) in [5, 5.41) is 79.6. The fourth-order valence-electron chi connectivity index (χ4n) is 3.77. The number of benzene rings is 2. The number of ether oxygens (including phenoxy) is 3. The van der Waals surface area contributed by atoms with Crippen molar-refractivity contribution in [2.45, 2.75) is 42.9 Å². The molecule has 12 nitrogen and oxygen atoms in total. The van der Waals surface area contributed by atoms with Gasteiger partial charge in [-0.2, -0.15) is 0 Å². The highest BCUT2D eigenvalue weighted by Crippen LogP contribution is 2.45. The Morgan fingerprint density at radius 1 is 1.00 bits per heavy atom. The highest BCUT2D eigenvalue weighted by Gasteiger charge is 2.47. The summed E-state index contributed by atoms with van der Waals surface area (Å²) in [4.78, 5) is 13.0. The molecule has 0 aliphatic carbocycles. The van der Waals surface area contributed by atoms with Crippen LogP contribution in [0.2, 0.25) is 0 Å². The number of phenolic OH excluding ortho intramolecular Hbond substituents is 3. The van der Waals surface area contributed by atoms with Gasteiger partial charge in [0.1, 0.15) is 47.2 Å². The Kier molecular flexibility index (Phi) is 5.82. The number of aliphatic hydroxyl groups excluding tert-OH is 4. The lowest BCUT2D eigenvalue weighted by molar-refractivity contribution is -0.277. The number of hydrogen-bond donors (Lipinski definition) is 8. The monoisotopic (exact) mass is 466 g/mol. The second kappa shape index (κ2) is 8.33. The number of fused-ring (bicyclic) bond motifs is 1. The number of aromatic hydroxyl groups is 3. The predicted octanol–water partition coefficient (Wildman–Crippen LogP) is -1.21. The normalized spacial score (nSPS) is 31.5. The molecule has 2 aromatic rings. The van der Waals surface area contributed by atoms with Crippen LogP contribution in [0.3, 0.4) is 0 Å². The van der Waals surface area contributed by atoms with Crippen molar-refractivity contribution in [1.29, 1.82) is 0 Å². The molecule has 6 atom stereocenters. The quantitative estimate of drug-likeness (QED) is 0.250. The summed E-state index contributed by atoms with van der Waals surface area (Å²) < 4.78 is 16.3. The Morgan fingerprint density at radius 3 is 2.39 bits per heavy atom. The van der Waals surface area contributed by atoms with E-state index in [1.54, 1.807) is 0 Å². The van der Waals surface area contributed by atoms with Crippen LogP contribution in [0.25, 0.3) is 0 Å². The van der Waals surface area contributed by atoms with Gasteiger partial charge in [0, 0.05) is 17.7 Å². The average Bonchev–Trinajstić information content (AvgIpc) is 2.75. The van der Waals surface area contributed by atoms with Crippen molar-refractivity contribution in [3.63, 3.8) is 0 Å². The second-order valence-electron chi connectivity index (χ2n) is 7.82. The van der Waals surface area contributed by atoms with Crippen molar-refractivity contribution in [1.82, 2.24) is 0 Å². The highest BCUT2D eigenvalue weighted by molar-refractivity contribution is 6.03. The molecule has 2 aliphatic heterocycles. The Morgan fingerprint density at radius 2 is 1.73 bits per heavy atom. The molecule has 2 aliphatic rings. The van der Waals surface area contributed by atoms with E-state index in [1.807, 2.05) is 0 Å². The maximum atomic E-state index is 13.0. The number of aliphatic hydroxyl groups is 5. The van der Waals surface area contributed by atoms with Gasteiger partial charge in [-0.05, 0) is 18.2 Å². The van der Waals surface area contributed by atoms with Crippen LogP contribution in [-0.2, 0) is 10.5 Å². The molecule has 0 spiro atoms. The Labute approximate surface area is 186 Å². The summed E-state index contributed by atoms with van der Waals surface area (Å²) in [6, 6.07) is 5.42. The van der Waals surface area contributed by atoms with Crippen LogP contribution in [0, 0.1) is 0 Å². The summed E-state index contributed by atoms with van der Waals surface area (Å²) >= 11 is 0. The molecule has 0 radical (unpaired) electrons. The van der Waals surface area contributed by atoms with Crippen molar-refractivity contribution in [2.75, 3.05) is 6.61 Å². The number of rotatable bonds is 4. The molecule has 0 saturated carbocycles. The van der Waals surface area contributed by atoms with E-state index in [9.17, 15) is 45.6 Å². The first-order chi connectivity index (χ1) is 15.5. The van der Waals surface area contributed by atoms with Crippen molar-refractivity contribution in [3.8, 4) is 28.7 Å². The third-order valence-electron chi connectivity index (χ3n) is 5.53. The van der Waals surface area contributed by atoms with Crippen LogP contribution in [0.1, 0.15) is 22.3 Å². The van der Waals surface area contributed by atoms with Crippen LogP contribution >= 0.6 is 0 Å². The summed E-state index contributed by atoms with van der Waals surface area (Å²) in [5.41, 5.74) is -0.256. The van der Waals surface area contributed by atoms with Crippen LogP contribution in [-0.4, -0.2) is 83.9 Å². The Hall–Kier alpha value is -3.13. The van der Waals surface area contributed by atoms with E-state index in [4.69, 9.17) is 14.2 Å². The van der Waals surface area contributed by atoms with Gasteiger partial charge in [0.05, 0.1) is 13.0 Å². The van der Waals surface area contributed by atoms with Gasteiger partial charge < -0.3 is 55.1 Å². The van der Waals surface area contributed by atoms with Crippen molar-refractivity contribution in [2.24, 2.45) is 0 Å². The van der Waals surface area contributed by atoms with E-state index in [0.717, 1.165) is 24.3 Å². The average molecular weight is 466 g/mol. The molecule has 2 heterocycles. The van der Waals surface area contributed by atoms with Crippen molar-refractivity contribution >= 4 is 5.78 Å². The van der Waals surface area contributed by atoms with Crippen molar-refractivity contribution < 1.29 is 59.9 Å². The molecule has 12 heteroatoms. The largest absolute Gasteiger partial charge is 0.508 e. The first-order valence-electron chi connectivity index (χ1n) is 9.85. The number of Topliss-reactive ketones (excluding diaryl/α,β-unsaturated/α-hetero) is 1. The number of carbonyl (C=O) groups excluding carboxylic acids is 1. The molecule has 1 saturated heterocycles. The zero-order chi connectivity index (χ0) is 24.1. The molecule has 0 bridgehead atoms. The van der Waals surface area contributed by atoms with Gasteiger partial charge in [0.25, 0.3) is 0 Å². The van der Waals surface area contributed by atoms with Gasteiger partial charge in [-0.25, -0.2) is 0 Å². The zero-order valence-corrected chi connectivity index (χ0v) is 16.9. The molecule has 0 amide bonds. The molecule has 4 rings (SSSR count). The molecule has 178 valence electrons. The van der Waals surface area contributed by atoms with E-state index in [2.05, 4.69) is 0 Å². The van der Waals surface area contributed by atoms with E-state index in [0.29, 0.717) is 0 Å². The number of phenols is 3. The number of ketones is 1. The fourth-order valence-corrected chi connectivity index (χ4v) is 3.77. The van der Waals surface area contributed by atoms with Gasteiger partial charge in [-0.3, -0.25) is 4.79 Å². The van der Waals surface area contributed by atoms with Gasteiger partial charge >= 0.3 is 0 Å². The van der Waals surface area contributed by atoms with Gasteiger partial charge in [-0.1, -0.05) is 0 Å². The summed E-state index contributed by atoms with van der Waals surface area (Å²) in [6.07, 6.45) is -8.65. The lowest BCUT2D eigenvalue weighted by atomic mass is 9.92. The lowest BCUT2D eigenvalue weighted by Crippen LogP contribution is -2.60. The summed E-state index contributed by atoms with van der Waals surface area (Å²) in [5.74, 6) is -4.99. The van der Waals surface area contributed by atoms with E-state index in [-0.39, 0.29) is 22.6 Å². The third kappa shape index (κ3) is 4.04. The third-order valence-corrected chi connectivity index (χ3v) is 5.53. The second-order valence-corrected chi connectivity index (χ2v) is 7.82. The van der Waals surface area contributed by atoms with E-state index < -0.39 is 72.6 Å². The Bertz CT molecular complexity index is 1070. The van der Waals surface area contributed by atoms with Gasteiger partial charge in [-0.15, -0.1) is 0 Å². The van der Waals surface area contributed by atoms with Crippen LogP contribution < -0.4 is 9.47 Å². The van der Waals surface area contributed by atoms with Crippen LogP contribution in [0.4, 0.5) is 0 Å². The first kappa shape index (κ1) is 23.0. The van der Waals surface area contributed by atoms with Crippen molar-refractivity contribution in [3.05, 3.63) is 41.5 Å². The van der Waals surface area contributed by atoms with Gasteiger partial charge in [0.15, 0.2) is 17.3 Å². The fraction of sp³-hybridized carbons (Fsp3) is 0.381. The molecular weight excluding hydrogens is 444 g/mol. The first-order valence-corrected chi connectivity index (χ1v) is 9.85. The zero-order valence-electron chi connectivity index (χ0n) is 16.9. The maximum absolute atomic E-state index is 13.0. The highest BCUT2D eigenvalue weighted by atomic mass is 16.7. The summed E-state index contributed by atoms with van der Waals surface area (Å²) in [7, 11) is 0. The SMILES string of the molecule is O=C1C[C@](O)(c2ccc(O)c(O)c2)Oc2cc(O)cc(O[C@@H]3O[C@H](CO)[C@@H](O)[C@H](O)[C@H]3O)c21.